The largest absolute Gasteiger partial charge is 0.378 e. The zero-order valence-corrected chi connectivity index (χ0v) is 23.6. The van der Waals surface area contributed by atoms with Crippen molar-refractivity contribution in [3.8, 4) is 10.4 Å². The number of halogens is 2. The molecule has 1 heterocycles. The summed E-state index contributed by atoms with van der Waals surface area (Å²) >= 11 is 1.19. The Labute approximate surface area is 237 Å². The predicted octanol–water partition coefficient (Wildman–Crippen LogP) is 5.97. The fraction of sp³-hybridized carbons (Fsp3) is 0.433. The molecule has 2 amide bonds. The van der Waals surface area contributed by atoms with Gasteiger partial charge in [-0.3, -0.25) is 14.5 Å². The number of aromatic nitrogens is 1. The Kier molecular flexibility index (Phi) is 9.99. The molecule has 1 fully saturated rings. The third kappa shape index (κ3) is 6.92. The number of hydrogen-bond acceptors (Lipinski definition) is 6. The molecule has 3 N–H and O–H groups in total. The van der Waals surface area contributed by atoms with Crippen LogP contribution in [0.2, 0.25) is 0 Å². The first-order valence-corrected chi connectivity index (χ1v) is 14.4. The molecule has 1 aliphatic rings. The van der Waals surface area contributed by atoms with E-state index in [2.05, 4.69) is 4.98 Å². The van der Waals surface area contributed by atoms with Gasteiger partial charge >= 0.3 is 0 Å². The number of aliphatic hydroxyl groups is 1. The van der Waals surface area contributed by atoms with Gasteiger partial charge in [-0.05, 0) is 55.0 Å². The summed E-state index contributed by atoms with van der Waals surface area (Å²) in [6, 6.07) is 9.08. The van der Waals surface area contributed by atoms with Gasteiger partial charge < -0.3 is 15.6 Å². The number of aryl methyl sites for hydroxylation is 1. The minimum Gasteiger partial charge on any atom is -0.378 e. The number of amides is 2. The number of aliphatic hydroxyl groups excluding tert-OH is 1. The van der Waals surface area contributed by atoms with Gasteiger partial charge in [-0.25, -0.2) is 13.8 Å². The van der Waals surface area contributed by atoms with Gasteiger partial charge in [0.1, 0.15) is 17.7 Å². The van der Waals surface area contributed by atoms with E-state index in [1.54, 1.807) is 6.92 Å². The quantitative estimate of drug-likeness (QED) is 0.295. The number of rotatable bonds is 11. The van der Waals surface area contributed by atoms with Crippen molar-refractivity contribution in [3.05, 3.63) is 70.9 Å². The topological polar surface area (TPSA) is 106 Å². The number of benzene rings is 2. The Morgan fingerprint density at radius 1 is 1.15 bits per heavy atom. The molecule has 2 aromatic carbocycles. The first-order valence-electron chi connectivity index (χ1n) is 13.6. The van der Waals surface area contributed by atoms with E-state index in [4.69, 9.17) is 10.5 Å². The normalized spacial score (nSPS) is 15.5. The molecule has 1 aliphatic carbocycles. The minimum atomic E-state index is -1.94. The molecule has 2 atom stereocenters. The zero-order valence-electron chi connectivity index (χ0n) is 22.7. The molecular weight excluding hydrogens is 536 g/mol. The van der Waals surface area contributed by atoms with E-state index in [9.17, 15) is 23.5 Å². The van der Waals surface area contributed by atoms with Crippen molar-refractivity contribution in [2.24, 2.45) is 5.73 Å². The maximum absolute atomic E-state index is 13.9. The molecule has 1 saturated carbocycles. The second kappa shape index (κ2) is 13.4. The van der Waals surface area contributed by atoms with Crippen LogP contribution in [0.5, 0.6) is 0 Å². The van der Waals surface area contributed by atoms with Crippen molar-refractivity contribution >= 4 is 28.3 Å². The first kappa shape index (κ1) is 29.8. The van der Waals surface area contributed by atoms with Gasteiger partial charge in [-0.2, -0.15) is 0 Å². The van der Waals surface area contributed by atoms with Crippen LogP contribution >= 0.6 is 11.3 Å². The van der Waals surface area contributed by atoms with Gasteiger partial charge in [0.05, 0.1) is 23.3 Å². The third-order valence-electron chi connectivity index (χ3n) is 7.15. The summed E-state index contributed by atoms with van der Waals surface area (Å²) in [6.45, 7) is 4.06. The monoisotopic (exact) mass is 571 g/mol. The molecule has 7 nitrogen and oxygen atoms in total. The van der Waals surface area contributed by atoms with Gasteiger partial charge in [-0.1, -0.05) is 68.2 Å². The second-order valence-electron chi connectivity index (χ2n) is 10.2. The predicted molar refractivity (Wildman–Crippen MR) is 151 cm³/mol. The number of carbonyl (C=O) groups excluding carboxylic acids is 2. The highest BCUT2D eigenvalue weighted by atomic mass is 32.1. The van der Waals surface area contributed by atoms with Crippen LogP contribution in [0.1, 0.15) is 74.8 Å². The first-order chi connectivity index (χ1) is 19.2. The van der Waals surface area contributed by atoms with Gasteiger partial charge in [0.15, 0.2) is 11.2 Å². The lowest BCUT2D eigenvalue weighted by atomic mass is 9.97. The van der Waals surface area contributed by atoms with Crippen LogP contribution in [-0.4, -0.2) is 34.1 Å². The fourth-order valence-electron chi connectivity index (χ4n) is 5.10. The highest BCUT2D eigenvalue weighted by molar-refractivity contribution is 7.19. The molecule has 4 rings (SSSR count). The third-order valence-corrected chi connectivity index (χ3v) is 8.34. The molecule has 0 saturated heterocycles. The number of hydrogen-bond donors (Lipinski definition) is 2. The molecule has 40 heavy (non-hydrogen) atoms. The summed E-state index contributed by atoms with van der Waals surface area (Å²) in [5, 5.41) is 11.0. The van der Waals surface area contributed by atoms with E-state index in [-0.39, 0.29) is 23.2 Å². The van der Waals surface area contributed by atoms with Crippen molar-refractivity contribution in [1.82, 2.24) is 4.98 Å². The average molecular weight is 572 g/mol. The Hall–Kier alpha value is -3.21. The molecule has 0 bridgehead atoms. The van der Waals surface area contributed by atoms with Crippen LogP contribution in [0.3, 0.4) is 0 Å². The van der Waals surface area contributed by atoms with Crippen LogP contribution in [0.15, 0.2) is 42.5 Å². The molecular formula is C30H35F2N3O4S. The summed E-state index contributed by atoms with van der Waals surface area (Å²) in [6.07, 6.45) is 4.69. The molecule has 1 aromatic heterocycles. The van der Waals surface area contributed by atoms with Crippen molar-refractivity contribution in [2.45, 2.75) is 83.6 Å². The number of carbonyl (C=O) groups is 2. The van der Waals surface area contributed by atoms with Gasteiger partial charge in [0, 0.05) is 6.07 Å². The van der Waals surface area contributed by atoms with Crippen molar-refractivity contribution < 1.29 is 28.2 Å². The average Bonchev–Trinajstić information content (AvgIpc) is 3.31. The van der Waals surface area contributed by atoms with E-state index >= 15 is 0 Å². The van der Waals surface area contributed by atoms with Gasteiger partial charge in [0.25, 0.3) is 5.91 Å². The molecule has 10 heteroatoms. The Morgan fingerprint density at radius 3 is 2.48 bits per heavy atom. The van der Waals surface area contributed by atoms with E-state index in [1.165, 1.54) is 30.6 Å². The Balaban J connectivity index is 1.70. The second-order valence-corrected chi connectivity index (χ2v) is 11.1. The smallest absolute Gasteiger partial charge is 0.262 e. The van der Waals surface area contributed by atoms with E-state index < -0.39 is 35.6 Å². The summed E-state index contributed by atoms with van der Waals surface area (Å²) in [5.74, 6) is -3.60. The summed E-state index contributed by atoms with van der Waals surface area (Å²) in [7, 11) is 0. The van der Waals surface area contributed by atoms with Gasteiger partial charge in [-0.15, -0.1) is 0 Å². The van der Waals surface area contributed by atoms with Crippen molar-refractivity contribution in [3.63, 3.8) is 0 Å². The summed E-state index contributed by atoms with van der Waals surface area (Å²) < 4.78 is 34.0. The highest BCUT2D eigenvalue weighted by Gasteiger charge is 2.36. The number of primary amides is 1. The molecule has 214 valence electrons. The van der Waals surface area contributed by atoms with E-state index in [0.29, 0.717) is 24.8 Å². The molecule has 0 unspecified atom stereocenters. The standard InChI is InChI=1S/C30H35F2N3O4S/c1-3-9-25(28(33)37)35(29(38)26(36)20-14-21(31)16-22(32)15-20)30-34-18(2)27(40-30)24-13-8-7-10-19(24)17-39-23-11-5-4-6-12-23/h7-8,10,13-16,23,25-26,36H,3-6,9,11-12,17H2,1-2H3,(H2,33,37)/t25-,26+/m0/s1. The van der Waals surface area contributed by atoms with Crippen LogP contribution in [0.4, 0.5) is 13.9 Å². The minimum absolute atomic E-state index is 0.161. The number of thiazole rings is 1. The van der Waals surface area contributed by atoms with Crippen LogP contribution < -0.4 is 10.6 Å². The molecule has 0 radical (unpaired) electrons. The Bertz CT molecular complexity index is 1320. The number of nitrogens with two attached hydrogens (primary N) is 1. The Morgan fingerprint density at radius 2 is 1.82 bits per heavy atom. The molecule has 0 aliphatic heterocycles. The summed E-state index contributed by atoms with van der Waals surface area (Å²) in [4.78, 5) is 32.6. The fourth-order valence-corrected chi connectivity index (χ4v) is 6.29. The number of nitrogens with zero attached hydrogens (tertiary/aromatic N) is 2. The highest BCUT2D eigenvalue weighted by Crippen LogP contribution is 2.39. The maximum atomic E-state index is 13.9. The van der Waals surface area contributed by atoms with Crippen LogP contribution in [-0.2, 0) is 20.9 Å². The zero-order chi connectivity index (χ0) is 28.8. The summed E-state index contributed by atoms with van der Waals surface area (Å²) in [5.41, 5.74) is 7.92. The SMILES string of the molecule is CCC[C@@H](C(N)=O)N(C(=O)[C@H](O)c1cc(F)cc(F)c1)c1nc(C)c(-c2ccccc2COC2CCCCC2)s1. The number of anilines is 1. The number of ether oxygens (including phenoxy) is 1. The molecule has 0 spiro atoms. The van der Waals surface area contributed by atoms with E-state index in [1.807, 2.05) is 31.2 Å². The lowest BCUT2D eigenvalue weighted by Crippen LogP contribution is -2.50. The van der Waals surface area contributed by atoms with Crippen LogP contribution in [0.25, 0.3) is 10.4 Å². The lowest BCUT2D eigenvalue weighted by molar-refractivity contribution is -0.130. The lowest BCUT2D eigenvalue weighted by Gasteiger charge is -2.29. The maximum Gasteiger partial charge on any atom is 0.262 e. The molecule has 3 aromatic rings. The van der Waals surface area contributed by atoms with Crippen LogP contribution in [0, 0.1) is 18.6 Å². The van der Waals surface area contributed by atoms with Crippen molar-refractivity contribution in [1.29, 1.82) is 0 Å². The van der Waals surface area contributed by atoms with E-state index in [0.717, 1.165) is 45.9 Å². The van der Waals surface area contributed by atoms with Gasteiger partial charge in [0.2, 0.25) is 5.91 Å². The van der Waals surface area contributed by atoms with Crippen molar-refractivity contribution in [2.75, 3.05) is 4.90 Å².